The van der Waals surface area contributed by atoms with Crippen LogP contribution in [0.1, 0.15) is 64.2 Å². The van der Waals surface area contributed by atoms with Gasteiger partial charge in [0.1, 0.15) is 48.8 Å². The molecule has 2 aliphatic rings. The lowest BCUT2D eigenvalue weighted by Gasteiger charge is -2.34. The Labute approximate surface area is 261 Å². The van der Waals surface area contributed by atoms with Crippen molar-refractivity contribution in [2.75, 3.05) is 32.7 Å². The van der Waals surface area contributed by atoms with Gasteiger partial charge in [-0.2, -0.15) is 10.4 Å². The van der Waals surface area contributed by atoms with Crippen molar-refractivity contribution in [2.45, 2.75) is 82.3 Å². The summed E-state index contributed by atoms with van der Waals surface area (Å²) in [5, 5.41) is 41.6. The molecule has 2 aliphatic carbocycles. The zero-order valence-electron chi connectivity index (χ0n) is 25.6. The maximum absolute atomic E-state index is 14.2. The van der Waals surface area contributed by atoms with Crippen LogP contribution in [0.25, 0.3) is 5.52 Å². The Morgan fingerprint density at radius 2 is 1.67 bits per heavy atom. The number of aromatic nitrogens is 3. The summed E-state index contributed by atoms with van der Waals surface area (Å²) < 4.78 is 37.2. The second-order valence-electron chi connectivity index (χ2n) is 11.7. The third-order valence-electron chi connectivity index (χ3n) is 8.41. The number of hydrogen-bond acceptors (Lipinski definition) is 13. The Morgan fingerprint density at radius 1 is 1.11 bits per heavy atom. The van der Waals surface area contributed by atoms with Gasteiger partial charge in [0.2, 0.25) is 5.60 Å². The van der Waals surface area contributed by atoms with E-state index in [0.717, 1.165) is 52.0 Å². The van der Waals surface area contributed by atoms with Crippen molar-refractivity contribution >= 4 is 30.9 Å². The van der Waals surface area contributed by atoms with E-state index >= 15 is 0 Å². The van der Waals surface area contributed by atoms with Gasteiger partial charge in [-0.3, -0.25) is 14.2 Å². The van der Waals surface area contributed by atoms with Crippen molar-refractivity contribution < 1.29 is 43.1 Å². The number of nitrogen functional groups attached to an aromatic ring is 1. The van der Waals surface area contributed by atoms with Gasteiger partial charge >= 0.3 is 19.6 Å². The molecule has 16 nitrogen and oxygen atoms in total. The number of rotatable bonds is 17. The van der Waals surface area contributed by atoms with Crippen LogP contribution in [0.15, 0.2) is 18.5 Å². The summed E-state index contributed by atoms with van der Waals surface area (Å²) in [4.78, 5) is 29.3. The lowest BCUT2D eigenvalue weighted by Crippen LogP contribution is -2.51. The number of aliphatic hydroxyl groups is 2. The fourth-order valence-corrected chi connectivity index (χ4v) is 6.73. The number of nitrogens with one attached hydrogen (secondary N) is 2. The van der Waals surface area contributed by atoms with E-state index < -0.39 is 56.1 Å². The first-order chi connectivity index (χ1) is 21.4. The molecule has 0 spiro atoms. The highest BCUT2D eigenvalue weighted by Crippen LogP contribution is 2.42. The fourth-order valence-electron chi connectivity index (χ4n) is 4.91. The van der Waals surface area contributed by atoms with E-state index in [0.29, 0.717) is 5.52 Å². The molecule has 6 N–H and O–H groups in total. The minimum absolute atomic E-state index is 0.0633. The van der Waals surface area contributed by atoms with E-state index in [-0.39, 0.29) is 36.6 Å². The monoisotopic (exact) mass is 651 g/mol. The molecule has 0 bridgehead atoms. The van der Waals surface area contributed by atoms with Crippen molar-refractivity contribution in [3.05, 3.63) is 24.2 Å². The molecule has 2 saturated carbocycles. The Balaban J connectivity index is 1.50. The van der Waals surface area contributed by atoms with Crippen LogP contribution < -0.4 is 15.9 Å². The molecule has 0 aliphatic heterocycles. The van der Waals surface area contributed by atoms with Crippen LogP contribution in [0.4, 0.5) is 5.82 Å². The number of anilines is 1. The smallest absolute Gasteiger partial charge is 0.342 e. The Morgan fingerprint density at radius 3 is 2.13 bits per heavy atom. The first-order valence-corrected chi connectivity index (χ1v) is 16.6. The molecule has 0 radical (unpaired) electrons. The van der Waals surface area contributed by atoms with Crippen molar-refractivity contribution in [3.63, 3.8) is 0 Å². The number of esters is 2. The Bertz CT molecular complexity index is 1380. The van der Waals surface area contributed by atoms with Crippen LogP contribution >= 0.6 is 7.67 Å². The molecule has 248 valence electrons. The van der Waals surface area contributed by atoms with Crippen LogP contribution in [-0.2, 0) is 32.9 Å². The molecule has 5 atom stereocenters. The molecule has 0 saturated heterocycles. The standard InChI is InChI=1S/C28H42N7O9P/c1-17(26(38)42-12-19-6-4-7-19)33-45(40,34-18(2)27(39)43-13-20-8-5-9-20)44-15-28(14-29,41-3)24(37)23(36)21-10-11-22-25(30)31-16-32-35(21)22/h10-11,16-20,23-24,36-37H,4-9,12-13,15H2,1-3H3,(H2,30,31,32)(H2,33,34,40)/t17-,18-,23-,24-,28+/m0/s1. The van der Waals surface area contributed by atoms with Crippen molar-refractivity contribution in [2.24, 2.45) is 11.8 Å². The van der Waals surface area contributed by atoms with Gasteiger partial charge in [0, 0.05) is 7.11 Å². The number of carbonyl (C=O) groups excluding carboxylic acids is 2. The number of methoxy groups -OCH3 is 1. The highest BCUT2D eigenvalue weighted by atomic mass is 31.2. The molecular formula is C28H42N7O9P. The molecule has 2 fully saturated rings. The summed E-state index contributed by atoms with van der Waals surface area (Å²) in [7, 11) is -3.28. The summed E-state index contributed by atoms with van der Waals surface area (Å²) >= 11 is 0. The molecule has 0 unspecified atom stereocenters. The van der Waals surface area contributed by atoms with E-state index in [9.17, 15) is 29.6 Å². The molecule has 0 amide bonds. The average molecular weight is 652 g/mol. The molecule has 2 heterocycles. The van der Waals surface area contributed by atoms with Crippen LogP contribution in [0, 0.1) is 23.2 Å². The number of nitrogens with zero attached hydrogens (tertiary/aromatic N) is 4. The third kappa shape index (κ3) is 8.17. The van der Waals surface area contributed by atoms with E-state index in [4.69, 9.17) is 24.5 Å². The van der Waals surface area contributed by atoms with E-state index in [1.54, 1.807) is 6.07 Å². The highest BCUT2D eigenvalue weighted by Gasteiger charge is 2.47. The van der Waals surface area contributed by atoms with Crippen molar-refractivity contribution in [1.82, 2.24) is 24.8 Å². The number of ether oxygens (including phenoxy) is 3. The van der Waals surface area contributed by atoms with Crippen molar-refractivity contribution in [3.8, 4) is 6.07 Å². The molecule has 2 aromatic heterocycles. The summed E-state index contributed by atoms with van der Waals surface area (Å²) in [5.74, 6) is -0.706. The zero-order chi connectivity index (χ0) is 32.8. The molecule has 17 heteroatoms. The lowest BCUT2D eigenvalue weighted by molar-refractivity contribution is -0.147. The maximum atomic E-state index is 14.2. The van der Waals surface area contributed by atoms with E-state index in [1.165, 1.54) is 30.5 Å². The minimum atomic E-state index is -4.39. The van der Waals surface area contributed by atoms with Gasteiger partial charge in [-0.1, -0.05) is 12.8 Å². The maximum Gasteiger partial charge on any atom is 0.342 e. The predicted molar refractivity (Wildman–Crippen MR) is 159 cm³/mol. The molecule has 4 rings (SSSR count). The van der Waals surface area contributed by atoms with Gasteiger partial charge in [-0.15, -0.1) is 0 Å². The number of fused-ring (bicyclic) bond motifs is 1. The number of carbonyl (C=O) groups is 2. The van der Waals surface area contributed by atoms with Gasteiger partial charge in [-0.05, 0) is 63.5 Å². The fraction of sp³-hybridized carbons (Fsp3) is 0.679. The molecule has 45 heavy (non-hydrogen) atoms. The molecule has 2 aromatic rings. The van der Waals surface area contributed by atoms with E-state index in [2.05, 4.69) is 20.3 Å². The van der Waals surface area contributed by atoms with Crippen LogP contribution in [0.5, 0.6) is 0 Å². The number of nitrogens with two attached hydrogens (primary N) is 1. The first-order valence-electron chi connectivity index (χ1n) is 15.0. The topological polar surface area (TPSA) is 233 Å². The van der Waals surface area contributed by atoms with Gasteiger partial charge in [0.15, 0.2) is 5.82 Å². The third-order valence-corrected chi connectivity index (χ3v) is 10.4. The molecule has 0 aromatic carbocycles. The SMILES string of the molecule is CO[C@](C#N)(COP(=O)(N[C@@H](C)C(=O)OCC1CCC1)N[C@@H](C)C(=O)OCC1CCC1)[C@@H](O)[C@@H](O)c1ccc2c(N)ncnn12. The number of nitriles is 1. The summed E-state index contributed by atoms with van der Waals surface area (Å²) in [6.45, 7) is 2.41. The van der Waals surface area contributed by atoms with Crippen LogP contribution in [0.3, 0.4) is 0 Å². The normalized spacial score (nSPS) is 19.7. The quantitative estimate of drug-likeness (QED) is 0.120. The second-order valence-corrected chi connectivity index (χ2v) is 13.6. The number of hydrogen-bond donors (Lipinski definition) is 5. The van der Waals surface area contributed by atoms with Gasteiger partial charge < -0.3 is 34.7 Å². The predicted octanol–water partition coefficient (Wildman–Crippen LogP) is 1.38. The first kappa shape index (κ1) is 34.7. The van der Waals surface area contributed by atoms with E-state index in [1.807, 2.05) is 0 Å². The lowest BCUT2D eigenvalue weighted by atomic mass is 9.86. The van der Waals surface area contributed by atoms with Gasteiger partial charge in [-0.25, -0.2) is 19.7 Å². The van der Waals surface area contributed by atoms with Crippen LogP contribution in [-0.4, -0.2) is 87.5 Å². The zero-order valence-corrected chi connectivity index (χ0v) is 26.5. The van der Waals surface area contributed by atoms with Gasteiger partial charge in [0.05, 0.1) is 18.9 Å². The van der Waals surface area contributed by atoms with Crippen LogP contribution in [0.2, 0.25) is 0 Å². The summed E-state index contributed by atoms with van der Waals surface area (Å²) in [6, 6.07) is 2.45. The van der Waals surface area contributed by atoms with Crippen molar-refractivity contribution in [1.29, 1.82) is 5.26 Å². The number of aliphatic hydroxyl groups excluding tert-OH is 2. The van der Waals surface area contributed by atoms with Gasteiger partial charge in [0.25, 0.3) is 0 Å². The molecular weight excluding hydrogens is 609 g/mol. The minimum Gasteiger partial charge on any atom is -0.464 e. The highest BCUT2D eigenvalue weighted by molar-refractivity contribution is 7.54. The summed E-state index contributed by atoms with van der Waals surface area (Å²) in [6.07, 6.45) is 3.41. The Hall–Kier alpha value is -3.16. The Kier molecular flexibility index (Phi) is 11.5. The second kappa shape index (κ2) is 15.0. The summed E-state index contributed by atoms with van der Waals surface area (Å²) in [5.41, 5.74) is 3.99. The average Bonchev–Trinajstić information content (AvgIpc) is 3.41. The largest absolute Gasteiger partial charge is 0.464 e.